The van der Waals surface area contributed by atoms with E-state index in [-0.39, 0.29) is 0 Å². The van der Waals surface area contributed by atoms with Gasteiger partial charge in [0.25, 0.3) is 0 Å². The molecule has 12 heavy (non-hydrogen) atoms. The average Bonchev–Trinajstić information content (AvgIpc) is 2.02. The van der Waals surface area contributed by atoms with Crippen molar-refractivity contribution in [2.75, 3.05) is 6.54 Å². The lowest BCUT2D eigenvalue weighted by molar-refractivity contribution is 0.401. The predicted octanol–water partition coefficient (Wildman–Crippen LogP) is 3.33. The van der Waals surface area contributed by atoms with Gasteiger partial charge in [-0.3, -0.25) is 5.73 Å². The van der Waals surface area contributed by atoms with Gasteiger partial charge < -0.3 is 0 Å². The summed E-state index contributed by atoms with van der Waals surface area (Å²) in [5.74, 6) is 1.57. The van der Waals surface area contributed by atoms with Crippen LogP contribution in [0.4, 0.5) is 0 Å². The Hall–Kier alpha value is -0.0400. The zero-order valence-corrected chi connectivity index (χ0v) is 8.60. The maximum Gasteiger partial charge on any atom is 0.0102 e. The summed E-state index contributed by atoms with van der Waals surface area (Å²) in [6.07, 6.45) is 6.00. The van der Waals surface area contributed by atoms with E-state index in [9.17, 15) is 0 Å². The maximum absolute atomic E-state index is 7.09. The van der Waals surface area contributed by atoms with Crippen molar-refractivity contribution in [1.82, 2.24) is 5.73 Å². The largest absolute Gasteiger partial charge is 0.258 e. The van der Waals surface area contributed by atoms with Crippen LogP contribution >= 0.6 is 0 Å². The number of hydrogen-bond donors (Lipinski definition) is 0. The number of nitrogens with one attached hydrogen (secondary N) is 1. The van der Waals surface area contributed by atoms with Crippen LogP contribution in [0.2, 0.25) is 0 Å². The highest BCUT2D eigenvalue weighted by molar-refractivity contribution is 4.59. The van der Waals surface area contributed by atoms with Gasteiger partial charge in [-0.2, -0.15) is 0 Å². The third-order valence-electron chi connectivity index (χ3n) is 2.49. The number of rotatable bonds is 7. The Labute approximate surface area is 77.7 Å². The van der Waals surface area contributed by atoms with E-state index in [1.165, 1.54) is 19.3 Å². The summed E-state index contributed by atoms with van der Waals surface area (Å²) in [6, 6.07) is 0. The molecule has 2 atom stereocenters. The summed E-state index contributed by atoms with van der Waals surface area (Å²) in [5, 5.41) is 0. The van der Waals surface area contributed by atoms with E-state index < -0.39 is 0 Å². The highest BCUT2D eigenvalue weighted by Crippen LogP contribution is 2.17. The quantitative estimate of drug-likeness (QED) is 0.558. The van der Waals surface area contributed by atoms with Gasteiger partial charge in [-0.1, -0.05) is 46.5 Å². The fraction of sp³-hybridized carbons (Fsp3) is 0.909. The Morgan fingerprint density at radius 1 is 1.00 bits per heavy atom. The van der Waals surface area contributed by atoms with Gasteiger partial charge in [-0.15, -0.1) is 0 Å². The molecule has 2 radical (unpaired) electrons. The first-order valence-electron chi connectivity index (χ1n) is 5.14. The normalized spacial score (nSPS) is 16.0. The fourth-order valence-electron chi connectivity index (χ4n) is 1.45. The first-order chi connectivity index (χ1) is 5.70. The van der Waals surface area contributed by atoms with Crippen molar-refractivity contribution >= 4 is 0 Å². The lowest BCUT2D eigenvalue weighted by Crippen LogP contribution is -2.02. The second-order valence-electron chi connectivity index (χ2n) is 3.97. The molecule has 72 valence electrons. The summed E-state index contributed by atoms with van der Waals surface area (Å²) in [4.78, 5) is 0. The summed E-state index contributed by atoms with van der Waals surface area (Å²) >= 11 is 0. The van der Waals surface area contributed by atoms with Gasteiger partial charge in [0.1, 0.15) is 0 Å². The average molecular weight is 169 g/mol. The molecule has 0 aromatic carbocycles. The first kappa shape index (κ1) is 12.0. The highest BCUT2D eigenvalue weighted by atomic mass is 14.5. The van der Waals surface area contributed by atoms with Crippen molar-refractivity contribution in [1.29, 1.82) is 0 Å². The van der Waals surface area contributed by atoms with Gasteiger partial charge in [0.05, 0.1) is 0 Å². The van der Waals surface area contributed by atoms with Crippen LogP contribution in [0.5, 0.6) is 0 Å². The maximum atomic E-state index is 7.09. The molecule has 0 rings (SSSR count). The Bertz CT molecular complexity index is 79.0. The van der Waals surface area contributed by atoms with Crippen molar-refractivity contribution in [3.63, 3.8) is 0 Å². The third kappa shape index (κ3) is 6.66. The summed E-state index contributed by atoms with van der Waals surface area (Å²) in [7, 11) is 0. The van der Waals surface area contributed by atoms with Gasteiger partial charge in [0.2, 0.25) is 0 Å². The van der Waals surface area contributed by atoms with Crippen LogP contribution in [0, 0.1) is 18.8 Å². The Kier molecular flexibility index (Phi) is 7.58. The predicted molar refractivity (Wildman–Crippen MR) is 54.7 cm³/mol. The molecule has 0 bridgehead atoms. The highest BCUT2D eigenvalue weighted by Gasteiger charge is 2.04. The topological polar surface area (TPSA) is 23.8 Å². The Morgan fingerprint density at radius 3 is 1.92 bits per heavy atom. The zero-order chi connectivity index (χ0) is 9.40. The van der Waals surface area contributed by atoms with E-state index in [0.29, 0.717) is 6.54 Å². The molecule has 1 heteroatoms. The molecule has 0 spiro atoms. The van der Waals surface area contributed by atoms with Crippen LogP contribution in [-0.2, 0) is 0 Å². The molecular formula is C11H23N. The van der Waals surface area contributed by atoms with E-state index in [2.05, 4.69) is 20.8 Å². The van der Waals surface area contributed by atoms with Crippen LogP contribution in [0.1, 0.15) is 46.0 Å². The molecule has 0 aromatic rings. The SMILES string of the molecule is [CH2]CCC(C)CCC(C)CC[NH]. The molecule has 0 aromatic heterocycles. The summed E-state index contributed by atoms with van der Waals surface area (Å²) in [5.41, 5.74) is 7.09. The third-order valence-corrected chi connectivity index (χ3v) is 2.49. The second kappa shape index (κ2) is 7.60. The van der Waals surface area contributed by atoms with Crippen molar-refractivity contribution in [2.45, 2.75) is 46.0 Å². The summed E-state index contributed by atoms with van der Waals surface area (Å²) < 4.78 is 0. The Morgan fingerprint density at radius 2 is 1.50 bits per heavy atom. The zero-order valence-electron chi connectivity index (χ0n) is 8.60. The molecule has 0 saturated heterocycles. The monoisotopic (exact) mass is 169 g/mol. The standard InChI is InChI=1S/C11H23N/c1-4-5-10(2)6-7-11(3)8-9-12/h10-12H,1,4-9H2,2-3H3. The van der Waals surface area contributed by atoms with Crippen molar-refractivity contribution < 1.29 is 0 Å². The lowest BCUT2D eigenvalue weighted by Gasteiger charge is -2.13. The fourth-order valence-corrected chi connectivity index (χ4v) is 1.45. The molecule has 2 unspecified atom stereocenters. The molecule has 0 fully saturated rings. The van der Waals surface area contributed by atoms with E-state index in [4.69, 9.17) is 5.73 Å². The van der Waals surface area contributed by atoms with Crippen molar-refractivity contribution in [2.24, 2.45) is 11.8 Å². The molecule has 0 amide bonds. The van der Waals surface area contributed by atoms with Crippen molar-refractivity contribution in [3.8, 4) is 0 Å². The first-order valence-corrected chi connectivity index (χ1v) is 5.14. The number of hydrogen-bond acceptors (Lipinski definition) is 0. The molecule has 0 heterocycles. The van der Waals surface area contributed by atoms with E-state index in [0.717, 1.165) is 24.7 Å². The summed E-state index contributed by atoms with van der Waals surface area (Å²) in [6.45, 7) is 9.01. The smallest absolute Gasteiger partial charge is 0.0102 e. The molecule has 1 nitrogen and oxygen atoms in total. The van der Waals surface area contributed by atoms with Crippen LogP contribution in [0.3, 0.4) is 0 Å². The molecule has 1 N–H and O–H groups in total. The van der Waals surface area contributed by atoms with Gasteiger partial charge in [0.15, 0.2) is 0 Å². The molecule has 0 saturated carbocycles. The minimum absolute atomic E-state index is 0.588. The minimum atomic E-state index is 0.588. The van der Waals surface area contributed by atoms with Gasteiger partial charge in [-0.05, 0) is 18.3 Å². The molecular weight excluding hydrogens is 146 g/mol. The van der Waals surface area contributed by atoms with Gasteiger partial charge >= 0.3 is 0 Å². The van der Waals surface area contributed by atoms with E-state index in [1.54, 1.807) is 0 Å². The van der Waals surface area contributed by atoms with E-state index >= 15 is 0 Å². The van der Waals surface area contributed by atoms with Gasteiger partial charge in [-0.25, -0.2) is 0 Å². The van der Waals surface area contributed by atoms with Crippen LogP contribution in [-0.4, -0.2) is 6.54 Å². The molecule has 0 aliphatic rings. The van der Waals surface area contributed by atoms with Gasteiger partial charge in [0, 0.05) is 6.54 Å². The van der Waals surface area contributed by atoms with Crippen LogP contribution in [0.15, 0.2) is 0 Å². The van der Waals surface area contributed by atoms with Crippen LogP contribution in [0.25, 0.3) is 0 Å². The lowest BCUT2D eigenvalue weighted by atomic mass is 9.93. The molecule has 0 aliphatic carbocycles. The van der Waals surface area contributed by atoms with Crippen molar-refractivity contribution in [3.05, 3.63) is 6.92 Å². The molecule has 0 aliphatic heterocycles. The second-order valence-corrected chi connectivity index (χ2v) is 3.97. The minimum Gasteiger partial charge on any atom is -0.258 e. The van der Waals surface area contributed by atoms with E-state index in [1.807, 2.05) is 0 Å². The van der Waals surface area contributed by atoms with Crippen LogP contribution < -0.4 is 5.73 Å². The Balaban J connectivity index is 3.27.